The van der Waals surface area contributed by atoms with E-state index in [9.17, 15) is 21.6 Å². The second-order valence-corrected chi connectivity index (χ2v) is 11.9. The number of hydrogen-bond acceptors (Lipinski definition) is 5. The fraction of sp³-hybridized carbons (Fsp3) is 0.217. The molecule has 1 aliphatic rings. The third-order valence-electron chi connectivity index (χ3n) is 5.33. The number of aryl methyl sites for hydroxylation is 2. The summed E-state index contributed by atoms with van der Waals surface area (Å²) in [5.74, 6) is 0.585. The van der Waals surface area contributed by atoms with E-state index in [-0.39, 0.29) is 10.6 Å². The van der Waals surface area contributed by atoms with Crippen molar-refractivity contribution in [2.75, 3.05) is 14.2 Å². The molecule has 0 saturated heterocycles. The van der Waals surface area contributed by atoms with Gasteiger partial charge in [-0.2, -0.15) is 25.2 Å². The van der Waals surface area contributed by atoms with Crippen molar-refractivity contribution >= 4 is 20.4 Å². The topological polar surface area (TPSA) is 61.8 Å². The SMILES string of the molecule is COc1cc(OC)c2c(c1)-c1cc(C)ccc1S2(OS(=O)(=O)C(F)(F)F)c1ccc(C)cc1. The first kappa shape index (κ1) is 23.5. The average Bonchev–Trinajstić information content (AvgIpc) is 3.02. The van der Waals surface area contributed by atoms with Crippen LogP contribution in [0.1, 0.15) is 11.1 Å². The highest BCUT2D eigenvalue weighted by Crippen LogP contribution is 2.79. The minimum absolute atomic E-state index is 0.172. The Balaban J connectivity index is 2.19. The highest BCUT2D eigenvalue weighted by Gasteiger charge is 2.55. The van der Waals surface area contributed by atoms with Crippen LogP contribution in [-0.4, -0.2) is 28.1 Å². The molecule has 0 aliphatic carbocycles. The zero-order valence-corrected chi connectivity index (χ0v) is 19.8. The molecule has 10 heteroatoms. The Bertz CT molecular complexity index is 1340. The van der Waals surface area contributed by atoms with Crippen LogP contribution in [0.4, 0.5) is 13.2 Å². The molecule has 0 radical (unpaired) electrons. The van der Waals surface area contributed by atoms with Gasteiger partial charge in [0.05, 0.1) is 19.1 Å². The van der Waals surface area contributed by atoms with Crippen LogP contribution in [0.25, 0.3) is 11.1 Å². The normalized spacial score (nSPS) is 19.4. The van der Waals surface area contributed by atoms with Crippen LogP contribution in [0, 0.1) is 13.8 Å². The van der Waals surface area contributed by atoms with Gasteiger partial charge in [0.15, 0.2) is 0 Å². The van der Waals surface area contributed by atoms with Crippen LogP contribution in [0.2, 0.25) is 0 Å². The van der Waals surface area contributed by atoms with Crippen molar-refractivity contribution in [1.82, 2.24) is 0 Å². The Kier molecular flexibility index (Phi) is 5.66. The summed E-state index contributed by atoms with van der Waals surface area (Å²) >= 11 is 0. The lowest BCUT2D eigenvalue weighted by molar-refractivity contribution is -0.0496. The predicted molar refractivity (Wildman–Crippen MR) is 119 cm³/mol. The summed E-state index contributed by atoms with van der Waals surface area (Å²) in [7, 11) is -6.55. The van der Waals surface area contributed by atoms with Crippen LogP contribution in [0.15, 0.2) is 69.3 Å². The summed E-state index contributed by atoms with van der Waals surface area (Å²) in [6.45, 7) is 3.66. The number of benzene rings is 3. The van der Waals surface area contributed by atoms with E-state index in [4.69, 9.17) is 13.1 Å². The minimum Gasteiger partial charge on any atom is -0.497 e. The van der Waals surface area contributed by atoms with E-state index < -0.39 is 25.9 Å². The molecule has 3 aromatic carbocycles. The second-order valence-electron chi connectivity index (χ2n) is 7.54. The van der Waals surface area contributed by atoms with Gasteiger partial charge in [-0.25, -0.2) is 0 Å². The van der Waals surface area contributed by atoms with Gasteiger partial charge >= 0.3 is 15.6 Å². The van der Waals surface area contributed by atoms with E-state index in [0.29, 0.717) is 26.7 Å². The molecule has 0 spiro atoms. The number of halogens is 3. The first-order valence-corrected chi connectivity index (χ1v) is 12.7. The fourth-order valence-corrected chi connectivity index (χ4v) is 8.95. The summed E-state index contributed by atoms with van der Waals surface area (Å²) in [6, 6.07) is 14.9. The summed E-state index contributed by atoms with van der Waals surface area (Å²) in [5, 5.41) is 0. The van der Waals surface area contributed by atoms with E-state index in [0.717, 1.165) is 11.1 Å². The quantitative estimate of drug-likeness (QED) is 0.383. The monoisotopic (exact) mass is 498 g/mol. The molecule has 33 heavy (non-hydrogen) atoms. The van der Waals surface area contributed by atoms with Gasteiger partial charge in [0, 0.05) is 21.4 Å². The maximum absolute atomic E-state index is 13.6. The Hall–Kier alpha value is -2.69. The largest absolute Gasteiger partial charge is 0.524 e. The van der Waals surface area contributed by atoms with Gasteiger partial charge in [0.1, 0.15) is 11.5 Å². The van der Waals surface area contributed by atoms with Crippen molar-refractivity contribution in [2.45, 2.75) is 34.0 Å². The first-order valence-electron chi connectivity index (χ1n) is 9.74. The zero-order valence-electron chi connectivity index (χ0n) is 18.2. The molecule has 0 bridgehead atoms. The van der Waals surface area contributed by atoms with Crippen molar-refractivity contribution in [3.05, 3.63) is 65.7 Å². The van der Waals surface area contributed by atoms with Crippen molar-refractivity contribution in [2.24, 2.45) is 0 Å². The Morgan fingerprint density at radius 1 is 0.818 bits per heavy atom. The van der Waals surface area contributed by atoms with Gasteiger partial charge in [-0.15, -0.1) is 0 Å². The molecule has 4 rings (SSSR count). The fourth-order valence-electron chi connectivity index (χ4n) is 3.82. The maximum atomic E-state index is 13.6. The van der Waals surface area contributed by atoms with Crippen LogP contribution in [0.3, 0.4) is 0 Å². The Morgan fingerprint density at radius 3 is 2.03 bits per heavy atom. The zero-order chi connectivity index (χ0) is 24.2. The van der Waals surface area contributed by atoms with Crippen molar-refractivity contribution in [3.8, 4) is 22.6 Å². The lowest BCUT2D eigenvalue weighted by Gasteiger charge is -2.37. The van der Waals surface area contributed by atoms with Gasteiger partial charge in [0.2, 0.25) is 0 Å². The predicted octanol–water partition coefficient (Wildman–Crippen LogP) is 6.36. The molecule has 1 aliphatic heterocycles. The third kappa shape index (κ3) is 3.66. The van der Waals surface area contributed by atoms with Crippen LogP contribution < -0.4 is 9.47 Å². The number of ether oxygens (including phenoxy) is 2. The van der Waals surface area contributed by atoms with Crippen molar-refractivity contribution < 1.29 is 34.7 Å². The van der Waals surface area contributed by atoms with E-state index in [1.165, 1.54) is 20.3 Å². The molecule has 0 saturated carbocycles. The van der Waals surface area contributed by atoms with Crippen LogP contribution in [0.5, 0.6) is 11.5 Å². The number of hydrogen-bond donors (Lipinski definition) is 0. The third-order valence-corrected chi connectivity index (χ3v) is 10.3. The molecule has 1 atom stereocenters. The van der Waals surface area contributed by atoms with E-state index in [1.807, 2.05) is 13.8 Å². The molecule has 0 aromatic heterocycles. The minimum atomic E-state index is -5.98. The van der Waals surface area contributed by atoms with Gasteiger partial charge in [-0.1, -0.05) is 35.4 Å². The van der Waals surface area contributed by atoms with Gasteiger partial charge in [-0.3, -0.25) is 0 Å². The van der Waals surface area contributed by atoms with Crippen LogP contribution >= 0.6 is 10.3 Å². The molecule has 1 heterocycles. The Labute approximate surface area is 191 Å². The Morgan fingerprint density at radius 2 is 1.45 bits per heavy atom. The number of fused-ring (bicyclic) bond motifs is 3. The molecular weight excluding hydrogens is 477 g/mol. The summed E-state index contributed by atoms with van der Waals surface area (Å²) in [4.78, 5) is 0.877. The molecule has 0 N–H and O–H groups in total. The first-order chi connectivity index (χ1) is 15.4. The van der Waals surface area contributed by atoms with Crippen molar-refractivity contribution in [1.29, 1.82) is 0 Å². The molecule has 1 unspecified atom stereocenters. The number of methoxy groups -OCH3 is 2. The number of alkyl halides is 3. The van der Waals surface area contributed by atoms with E-state index in [1.54, 1.807) is 48.5 Å². The maximum Gasteiger partial charge on any atom is 0.524 e. The van der Waals surface area contributed by atoms with Gasteiger partial charge in [0.25, 0.3) is 0 Å². The van der Waals surface area contributed by atoms with Gasteiger partial charge < -0.3 is 9.47 Å². The standard InChI is InChI=1S/C23H21F3O5S2/c1-14-5-8-17(9-6-14)32(31-33(27,28)23(24,25)26)21-10-7-15(2)11-18(21)19-12-16(29-3)13-20(30-4)22(19)32/h5-13H,1-4H3. The highest BCUT2D eigenvalue weighted by atomic mass is 32.3. The lowest BCUT2D eigenvalue weighted by atomic mass is 10.0. The van der Waals surface area contributed by atoms with E-state index in [2.05, 4.69) is 0 Å². The molecule has 3 aromatic rings. The second kappa shape index (κ2) is 7.96. The van der Waals surface area contributed by atoms with E-state index >= 15 is 0 Å². The molecular formula is C23H21F3O5S2. The van der Waals surface area contributed by atoms with Crippen LogP contribution in [-0.2, 0) is 13.7 Å². The smallest absolute Gasteiger partial charge is 0.497 e. The molecule has 176 valence electrons. The number of rotatable bonds is 5. The molecule has 5 nitrogen and oxygen atoms in total. The van der Waals surface area contributed by atoms with Gasteiger partial charge in [-0.05, 0) is 54.0 Å². The molecule has 0 fully saturated rings. The molecule has 0 amide bonds. The lowest BCUT2D eigenvalue weighted by Crippen LogP contribution is -2.27. The summed E-state index contributed by atoms with van der Waals surface area (Å²) < 4.78 is 82.0. The summed E-state index contributed by atoms with van der Waals surface area (Å²) in [6.07, 6.45) is 0. The average molecular weight is 499 g/mol. The van der Waals surface area contributed by atoms with Crippen molar-refractivity contribution in [3.63, 3.8) is 0 Å². The summed E-state index contributed by atoms with van der Waals surface area (Å²) in [5.41, 5.74) is -2.84. The highest BCUT2D eigenvalue weighted by molar-refractivity contribution is 8.33.